The molecule has 0 aromatic carbocycles. The Hall–Kier alpha value is -0.770. The Kier molecular flexibility index (Phi) is 3.54. The number of carbonyl (C=O) groups excluding carboxylic acids is 1. The van der Waals surface area contributed by atoms with Crippen molar-refractivity contribution in [3.63, 3.8) is 0 Å². The molecular weight excluding hydrogens is 170 g/mol. The van der Waals surface area contributed by atoms with Crippen molar-refractivity contribution in [3.8, 4) is 0 Å². The standard InChI is InChI=1S/C9H16NO3/c1-7(2)12-9(11)13-8-5-4-6-10(8)3/h7H,4-6H2,1-3H3. The average molecular weight is 186 g/mol. The van der Waals surface area contributed by atoms with Gasteiger partial charge in [-0.2, -0.15) is 0 Å². The van der Waals surface area contributed by atoms with Gasteiger partial charge >= 0.3 is 6.16 Å². The highest BCUT2D eigenvalue weighted by Gasteiger charge is 2.27. The minimum atomic E-state index is -0.598. The number of nitrogens with zero attached hydrogens (tertiary/aromatic N) is 1. The Morgan fingerprint density at radius 1 is 1.54 bits per heavy atom. The molecule has 0 amide bonds. The smallest absolute Gasteiger partial charge is 0.432 e. The summed E-state index contributed by atoms with van der Waals surface area (Å²) in [6, 6.07) is 0. The van der Waals surface area contributed by atoms with Crippen molar-refractivity contribution in [2.75, 3.05) is 13.6 Å². The molecule has 4 nitrogen and oxygen atoms in total. The van der Waals surface area contributed by atoms with Crippen LogP contribution in [0.4, 0.5) is 4.79 Å². The topological polar surface area (TPSA) is 38.8 Å². The highest BCUT2D eigenvalue weighted by molar-refractivity contribution is 5.61. The second-order valence-electron chi connectivity index (χ2n) is 3.44. The lowest BCUT2D eigenvalue weighted by atomic mass is 10.4. The third-order valence-corrected chi connectivity index (χ3v) is 1.84. The van der Waals surface area contributed by atoms with Crippen LogP contribution in [0.1, 0.15) is 26.7 Å². The molecule has 1 aliphatic heterocycles. The largest absolute Gasteiger partial charge is 0.510 e. The molecule has 1 fully saturated rings. The molecule has 1 heterocycles. The van der Waals surface area contributed by atoms with Crippen LogP contribution in [-0.2, 0) is 9.47 Å². The molecule has 0 N–H and O–H groups in total. The maximum absolute atomic E-state index is 11.1. The van der Waals surface area contributed by atoms with Crippen molar-refractivity contribution in [1.29, 1.82) is 0 Å². The van der Waals surface area contributed by atoms with Crippen LogP contribution in [0.2, 0.25) is 0 Å². The lowest BCUT2D eigenvalue weighted by molar-refractivity contribution is 0.0164. The fourth-order valence-corrected chi connectivity index (χ4v) is 1.22. The van der Waals surface area contributed by atoms with E-state index in [4.69, 9.17) is 9.47 Å². The van der Waals surface area contributed by atoms with E-state index in [1.165, 1.54) is 0 Å². The minimum absolute atomic E-state index is 0.125. The van der Waals surface area contributed by atoms with Gasteiger partial charge < -0.3 is 9.47 Å². The van der Waals surface area contributed by atoms with E-state index in [0.717, 1.165) is 19.4 Å². The molecule has 0 aromatic heterocycles. The predicted octanol–water partition coefficient (Wildman–Crippen LogP) is 1.76. The summed E-state index contributed by atoms with van der Waals surface area (Å²) >= 11 is 0. The molecule has 0 saturated carbocycles. The first-order valence-corrected chi connectivity index (χ1v) is 4.55. The summed E-state index contributed by atoms with van der Waals surface area (Å²) in [6.07, 6.45) is 1.86. The second kappa shape index (κ2) is 4.46. The molecule has 13 heavy (non-hydrogen) atoms. The summed E-state index contributed by atoms with van der Waals surface area (Å²) in [7, 11) is 1.91. The minimum Gasteiger partial charge on any atom is -0.432 e. The molecule has 0 aliphatic carbocycles. The Bertz CT molecular complexity index is 182. The molecule has 1 aliphatic rings. The van der Waals surface area contributed by atoms with E-state index in [-0.39, 0.29) is 6.10 Å². The van der Waals surface area contributed by atoms with Gasteiger partial charge in [0.25, 0.3) is 0 Å². The molecule has 0 unspecified atom stereocenters. The van der Waals surface area contributed by atoms with Crippen LogP contribution < -0.4 is 0 Å². The monoisotopic (exact) mass is 186 g/mol. The molecule has 75 valence electrons. The van der Waals surface area contributed by atoms with Gasteiger partial charge in [-0.15, -0.1) is 0 Å². The van der Waals surface area contributed by atoms with E-state index >= 15 is 0 Å². The van der Waals surface area contributed by atoms with Gasteiger partial charge in [0.15, 0.2) is 0 Å². The van der Waals surface area contributed by atoms with Gasteiger partial charge in [-0.3, -0.25) is 4.90 Å². The number of hydrogen-bond donors (Lipinski definition) is 0. The molecule has 0 atom stereocenters. The zero-order valence-electron chi connectivity index (χ0n) is 8.37. The normalized spacial score (nSPS) is 19.4. The lowest BCUT2D eigenvalue weighted by Crippen LogP contribution is -2.24. The summed E-state index contributed by atoms with van der Waals surface area (Å²) in [6.45, 7) is 4.54. The van der Waals surface area contributed by atoms with Crippen molar-refractivity contribution < 1.29 is 14.3 Å². The van der Waals surface area contributed by atoms with Crippen molar-refractivity contribution in [3.05, 3.63) is 6.23 Å². The molecule has 0 bridgehead atoms. The molecule has 0 spiro atoms. The van der Waals surface area contributed by atoms with Gasteiger partial charge in [0.05, 0.1) is 6.10 Å². The Balaban J connectivity index is 2.27. The maximum Gasteiger partial charge on any atom is 0.510 e. The van der Waals surface area contributed by atoms with Crippen LogP contribution in [0, 0.1) is 6.23 Å². The van der Waals surface area contributed by atoms with E-state index in [1.54, 1.807) is 13.8 Å². The van der Waals surface area contributed by atoms with E-state index in [9.17, 15) is 4.79 Å². The van der Waals surface area contributed by atoms with Crippen LogP contribution in [0.25, 0.3) is 0 Å². The maximum atomic E-state index is 11.1. The first-order valence-electron chi connectivity index (χ1n) is 4.55. The summed E-state index contributed by atoms with van der Waals surface area (Å²) in [5.41, 5.74) is 0. The number of ether oxygens (including phenoxy) is 2. The van der Waals surface area contributed by atoms with Crippen molar-refractivity contribution >= 4 is 6.16 Å². The van der Waals surface area contributed by atoms with Crippen LogP contribution >= 0.6 is 0 Å². The zero-order chi connectivity index (χ0) is 9.84. The van der Waals surface area contributed by atoms with Crippen molar-refractivity contribution in [2.45, 2.75) is 32.8 Å². The first kappa shape index (κ1) is 10.3. The lowest BCUT2D eigenvalue weighted by Gasteiger charge is -2.17. The summed E-state index contributed by atoms with van der Waals surface area (Å²) < 4.78 is 9.87. The summed E-state index contributed by atoms with van der Waals surface area (Å²) in [5, 5.41) is 0. The Morgan fingerprint density at radius 2 is 2.23 bits per heavy atom. The third-order valence-electron chi connectivity index (χ3n) is 1.84. The van der Waals surface area contributed by atoms with E-state index < -0.39 is 6.16 Å². The van der Waals surface area contributed by atoms with Crippen molar-refractivity contribution in [2.24, 2.45) is 0 Å². The van der Waals surface area contributed by atoms with Gasteiger partial charge in [-0.1, -0.05) is 0 Å². The van der Waals surface area contributed by atoms with Gasteiger partial charge in [-0.25, -0.2) is 4.79 Å². The average Bonchev–Trinajstić information content (AvgIpc) is 2.34. The highest BCUT2D eigenvalue weighted by Crippen LogP contribution is 2.23. The molecule has 0 aromatic rings. The Labute approximate surface area is 78.8 Å². The van der Waals surface area contributed by atoms with Crippen LogP contribution in [0.3, 0.4) is 0 Å². The number of carbonyl (C=O) groups is 1. The Morgan fingerprint density at radius 3 is 2.69 bits per heavy atom. The van der Waals surface area contributed by atoms with Gasteiger partial charge in [0, 0.05) is 13.0 Å². The fourth-order valence-electron chi connectivity index (χ4n) is 1.22. The van der Waals surface area contributed by atoms with Crippen molar-refractivity contribution in [1.82, 2.24) is 4.90 Å². The second-order valence-corrected chi connectivity index (χ2v) is 3.44. The fraction of sp³-hybridized carbons (Fsp3) is 0.778. The van der Waals surface area contributed by atoms with E-state index in [2.05, 4.69) is 0 Å². The van der Waals surface area contributed by atoms with Crippen LogP contribution in [0.15, 0.2) is 0 Å². The van der Waals surface area contributed by atoms with Crippen LogP contribution in [-0.4, -0.2) is 30.8 Å². The SMILES string of the molecule is CC(C)OC(=O)O[C]1CCCN1C. The van der Waals surface area contributed by atoms with E-state index in [0.29, 0.717) is 6.23 Å². The highest BCUT2D eigenvalue weighted by atomic mass is 16.7. The summed E-state index contributed by atoms with van der Waals surface area (Å²) in [5.74, 6) is 0. The van der Waals surface area contributed by atoms with Gasteiger partial charge in [0.2, 0.25) is 6.23 Å². The quantitative estimate of drug-likeness (QED) is 0.616. The zero-order valence-corrected chi connectivity index (χ0v) is 8.37. The van der Waals surface area contributed by atoms with Gasteiger partial charge in [0.1, 0.15) is 0 Å². The number of likely N-dealkylation sites (tertiary alicyclic amines) is 1. The first-order chi connectivity index (χ1) is 6.09. The molecule has 1 saturated heterocycles. The van der Waals surface area contributed by atoms with Gasteiger partial charge in [-0.05, 0) is 27.3 Å². The summed E-state index contributed by atoms with van der Waals surface area (Å²) in [4.78, 5) is 13.0. The predicted molar refractivity (Wildman–Crippen MR) is 47.8 cm³/mol. The van der Waals surface area contributed by atoms with Crippen LogP contribution in [0.5, 0.6) is 0 Å². The number of hydrogen-bond acceptors (Lipinski definition) is 4. The molecule has 4 heteroatoms. The molecular formula is C9H16NO3. The van der Waals surface area contributed by atoms with E-state index in [1.807, 2.05) is 11.9 Å². The third kappa shape index (κ3) is 3.22. The molecule has 1 radical (unpaired) electrons. The molecule has 1 rings (SSSR count). The number of rotatable bonds is 2.